The van der Waals surface area contributed by atoms with Gasteiger partial charge in [-0.05, 0) is 25.7 Å². The third-order valence-corrected chi connectivity index (χ3v) is 7.60. The molecule has 0 aliphatic carbocycles. The molecule has 0 aromatic carbocycles. The highest BCUT2D eigenvalue weighted by molar-refractivity contribution is 5.82. The van der Waals surface area contributed by atoms with Gasteiger partial charge in [0.25, 0.3) is 35.5 Å². The van der Waals surface area contributed by atoms with Crippen LogP contribution in [-0.4, -0.2) is 85.8 Å². The molecule has 0 aliphatic rings. The Morgan fingerprint density at radius 2 is 0.698 bits per heavy atom. The van der Waals surface area contributed by atoms with Gasteiger partial charge < -0.3 is 18.9 Å². The molecule has 0 amide bonds. The summed E-state index contributed by atoms with van der Waals surface area (Å²) in [6, 6.07) is 0. The van der Waals surface area contributed by atoms with Crippen molar-refractivity contribution in [3.8, 4) is 0 Å². The minimum Gasteiger partial charge on any atom is -0.462 e. The number of alkyl halides is 12. The summed E-state index contributed by atoms with van der Waals surface area (Å²) >= 11 is 0. The summed E-state index contributed by atoms with van der Waals surface area (Å²) in [7, 11) is 0. The molecule has 0 aliphatic heterocycles. The number of carbonyl (C=O) groups excluding carboxylic acids is 4. The van der Waals surface area contributed by atoms with Crippen molar-refractivity contribution in [3.05, 3.63) is 50.6 Å². The Hall–Kier alpha value is -4.00. The van der Waals surface area contributed by atoms with Crippen LogP contribution < -0.4 is 0 Å². The van der Waals surface area contributed by atoms with E-state index in [2.05, 4.69) is 45.3 Å². The first-order valence-electron chi connectivity index (χ1n) is 15.6. The summed E-state index contributed by atoms with van der Waals surface area (Å²) in [5.74, 6) is -34.1. The Morgan fingerprint density at radius 3 is 0.981 bits per heavy atom. The second-order valence-electron chi connectivity index (χ2n) is 11.8. The fourth-order valence-electron chi connectivity index (χ4n) is 4.92. The molecule has 0 saturated carbocycles. The topological polar surface area (TPSA) is 105 Å². The van der Waals surface area contributed by atoms with Gasteiger partial charge in [0.1, 0.15) is 0 Å². The van der Waals surface area contributed by atoms with Crippen LogP contribution in [0.3, 0.4) is 0 Å². The normalized spacial score (nSPS) is 13.1. The molecule has 0 atom stereocenters. The molecule has 53 heavy (non-hydrogen) atoms. The van der Waals surface area contributed by atoms with E-state index < -0.39 is 155 Å². The summed E-state index contributed by atoms with van der Waals surface area (Å²) in [4.78, 5) is 44.8. The lowest BCUT2D eigenvalue weighted by atomic mass is 9.65. The Morgan fingerprint density at radius 1 is 0.415 bits per heavy atom. The highest BCUT2D eigenvalue weighted by Gasteiger charge is 2.70. The molecular formula is C33H40F12O8. The van der Waals surface area contributed by atoms with E-state index in [-0.39, 0.29) is 0 Å². The lowest BCUT2D eigenvalue weighted by Crippen LogP contribution is -2.57. The highest BCUT2D eigenvalue weighted by Crippen LogP contribution is 2.61. The second-order valence-corrected chi connectivity index (χ2v) is 11.8. The minimum atomic E-state index is -5.52. The smallest absolute Gasteiger partial charge is 0.330 e. The van der Waals surface area contributed by atoms with Crippen molar-refractivity contribution in [2.75, 3.05) is 26.4 Å². The van der Waals surface area contributed by atoms with Gasteiger partial charge in [0.05, 0.1) is 31.5 Å². The van der Waals surface area contributed by atoms with E-state index in [4.69, 9.17) is 0 Å². The summed E-state index contributed by atoms with van der Waals surface area (Å²) in [5.41, 5.74) is -4.50. The quantitative estimate of drug-likeness (QED) is 0.0336. The third-order valence-electron chi connectivity index (χ3n) is 7.60. The number of hydrogen-bond donors (Lipinski definition) is 0. The van der Waals surface area contributed by atoms with Crippen molar-refractivity contribution in [2.24, 2.45) is 5.41 Å². The van der Waals surface area contributed by atoms with Gasteiger partial charge in [-0.1, -0.05) is 26.3 Å². The van der Waals surface area contributed by atoms with Gasteiger partial charge in [0.2, 0.25) is 0 Å². The van der Waals surface area contributed by atoms with E-state index in [0.717, 1.165) is 0 Å². The molecule has 304 valence electrons. The molecule has 0 spiro atoms. The van der Waals surface area contributed by atoms with Gasteiger partial charge in [-0.15, -0.1) is 0 Å². The first-order valence-corrected chi connectivity index (χ1v) is 15.6. The van der Waals surface area contributed by atoms with Crippen molar-refractivity contribution in [2.45, 2.75) is 99.7 Å². The largest absolute Gasteiger partial charge is 0.462 e. The van der Waals surface area contributed by atoms with Crippen molar-refractivity contribution in [1.82, 2.24) is 0 Å². The molecule has 0 radical (unpaired) electrons. The van der Waals surface area contributed by atoms with Crippen LogP contribution in [0.25, 0.3) is 0 Å². The summed E-state index contributed by atoms with van der Waals surface area (Å²) in [6.45, 7) is 5.83. The number of halogens is 12. The van der Waals surface area contributed by atoms with Crippen LogP contribution in [0, 0.1) is 5.41 Å². The third kappa shape index (κ3) is 17.6. The average molecular weight is 793 g/mol. The lowest BCUT2D eigenvalue weighted by molar-refractivity contribution is -0.286. The average Bonchev–Trinajstić information content (AvgIpc) is 3.03. The molecule has 0 N–H and O–H groups in total. The predicted octanol–water partition coefficient (Wildman–Crippen LogP) is 8.60. The van der Waals surface area contributed by atoms with Gasteiger partial charge in [-0.2, -0.15) is 0 Å². The first kappa shape index (κ1) is 49.0. The molecule has 0 fully saturated rings. The van der Waals surface area contributed by atoms with E-state index in [1.165, 1.54) is 0 Å². The van der Waals surface area contributed by atoms with E-state index in [1.54, 1.807) is 0 Å². The van der Waals surface area contributed by atoms with Gasteiger partial charge in [0, 0.05) is 50.0 Å². The molecule has 8 nitrogen and oxygen atoms in total. The summed E-state index contributed by atoms with van der Waals surface area (Å²) in [6.07, 6.45) is -17.5. The number of hydrogen-bond acceptors (Lipinski definition) is 8. The van der Waals surface area contributed by atoms with Gasteiger partial charge >= 0.3 is 23.9 Å². The molecule has 0 bridgehead atoms. The summed E-state index contributed by atoms with van der Waals surface area (Å²) < 4.78 is 200. The maximum Gasteiger partial charge on any atom is 0.330 e. The Balaban J connectivity index is 7.05. The van der Waals surface area contributed by atoms with E-state index in [0.29, 0.717) is 24.3 Å². The van der Waals surface area contributed by atoms with Crippen LogP contribution >= 0.6 is 0 Å². The Labute approximate surface area is 297 Å². The second kappa shape index (κ2) is 20.5. The molecule has 0 aromatic heterocycles. The molecule has 0 saturated heterocycles. The number of ether oxygens (including phenoxy) is 4. The number of esters is 4. The monoisotopic (exact) mass is 792 g/mol. The fourth-order valence-corrected chi connectivity index (χ4v) is 4.92. The van der Waals surface area contributed by atoms with Crippen molar-refractivity contribution in [1.29, 1.82) is 0 Å². The van der Waals surface area contributed by atoms with Crippen molar-refractivity contribution in [3.63, 3.8) is 0 Å². The van der Waals surface area contributed by atoms with Crippen LogP contribution in [-0.2, 0) is 38.1 Å². The van der Waals surface area contributed by atoms with Crippen LogP contribution in [0.2, 0.25) is 0 Å². The van der Waals surface area contributed by atoms with Gasteiger partial charge in [-0.3, -0.25) is 0 Å². The maximum atomic E-state index is 16.3. The fraction of sp³-hybridized carbons (Fsp3) is 0.636. The molecule has 0 unspecified atom stereocenters. The van der Waals surface area contributed by atoms with Crippen LogP contribution in [0.4, 0.5) is 52.7 Å². The number of rotatable bonds is 28. The van der Waals surface area contributed by atoms with Crippen LogP contribution in [0.5, 0.6) is 0 Å². The zero-order valence-corrected chi connectivity index (χ0v) is 28.3. The molecule has 0 aromatic rings. The van der Waals surface area contributed by atoms with Gasteiger partial charge in [0.15, 0.2) is 13.2 Å². The number of carbonyl (C=O) groups is 4. The summed E-state index contributed by atoms with van der Waals surface area (Å²) in [5, 5.41) is 0. The van der Waals surface area contributed by atoms with E-state index >= 15 is 17.6 Å². The molecule has 0 rings (SSSR count). The van der Waals surface area contributed by atoms with Crippen molar-refractivity contribution < 1.29 is 90.8 Å². The molecule has 20 heteroatoms. The van der Waals surface area contributed by atoms with E-state index in [9.17, 15) is 54.3 Å². The molecular weight excluding hydrogens is 752 g/mol. The Kier molecular flexibility index (Phi) is 18.9. The minimum absolute atomic E-state index is 0.466. The standard InChI is InChI=1S/C33H40F12O8/c1-5-23(46)50-17-15-28(34,35)19-32(42,43)27(11-9-13-30(38,39)21-52-25(48)7-3,12-10-14-31(40,41)22-53-26(49)8-4)33(44,45)20-29(36,37)16-18-51-24(47)6-2/h5-8H,1-4,9-22H2. The SMILES string of the molecule is C=CC(=O)OCCC(F)(F)CC(F)(F)C(CCCC(F)(F)COC(=O)C=C)(CCCC(F)(F)COC(=O)C=C)C(F)(F)CC(F)(F)CCOC(=O)C=C. The highest BCUT2D eigenvalue weighted by atomic mass is 19.3. The maximum absolute atomic E-state index is 16.3. The molecule has 0 heterocycles. The zero-order valence-electron chi connectivity index (χ0n) is 28.3. The van der Waals surface area contributed by atoms with Gasteiger partial charge in [-0.25, -0.2) is 71.9 Å². The van der Waals surface area contributed by atoms with E-state index in [1.807, 2.05) is 0 Å². The first-order chi connectivity index (χ1) is 24.1. The Bertz CT molecular complexity index is 1190. The van der Waals surface area contributed by atoms with Crippen molar-refractivity contribution >= 4 is 23.9 Å². The van der Waals surface area contributed by atoms with Crippen LogP contribution in [0.1, 0.15) is 64.2 Å². The lowest BCUT2D eigenvalue weighted by Gasteiger charge is -2.48. The predicted molar refractivity (Wildman–Crippen MR) is 163 cm³/mol. The van der Waals surface area contributed by atoms with Crippen LogP contribution in [0.15, 0.2) is 50.6 Å². The zero-order chi connectivity index (χ0) is 41.4.